The Morgan fingerprint density at radius 1 is 1.40 bits per heavy atom. The van der Waals surface area contributed by atoms with Crippen molar-refractivity contribution in [3.8, 4) is 0 Å². The highest BCUT2D eigenvalue weighted by molar-refractivity contribution is 6.32. The van der Waals surface area contributed by atoms with Crippen LogP contribution in [0.4, 0.5) is 0 Å². The Kier molecular flexibility index (Phi) is 6.09. The van der Waals surface area contributed by atoms with E-state index in [1.807, 2.05) is 12.1 Å². The van der Waals surface area contributed by atoms with Crippen LogP contribution >= 0.6 is 23.2 Å². The Bertz CT molecular complexity index is 431. The summed E-state index contributed by atoms with van der Waals surface area (Å²) in [6.07, 6.45) is 2.59. The summed E-state index contributed by atoms with van der Waals surface area (Å²) in [6.45, 7) is 8.67. The van der Waals surface area contributed by atoms with E-state index in [2.05, 4.69) is 29.0 Å². The summed E-state index contributed by atoms with van der Waals surface area (Å²) in [5, 5.41) is 4.45. The van der Waals surface area contributed by atoms with Gasteiger partial charge in [-0.3, -0.25) is 4.90 Å². The van der Waals surface area contributed by atoms with Crippen molar-refractivity contribution >= 4 is 23.2 Å². The Labute approximate surface area is 131 Å². The maximum atomic E-state index is 6.19. The quantitative estimate of drug-likeness (QED) is 0.841. The van der Waals surface area contributed by atoms with E-state index in [9.17, 15) is 0 Å². The molecule has 3 nitrogen and oxygen atoms in total. The van der Waals surface area contributed by atoms with Crippen LogP contribution in [0.1, 0.15) is 32.3 Å². The molecule has 112 valence electrons. The van der Waals surface area contributed by atoms with Crippen molar-refractivity contribution in [3.05, 3.63) is 28.0 Å². The molecule has 0 saturated carbocycles. The molecule has 2 heterocycles. The number of rotatable bonds is 5. The van der Waals surface area contributed by atoms with Gasteiger partial charge in [0.2, 0.25) is 0 Å². The second kappa shape index (κ2) is 7.60. The van der Waals surface area contributed by atoms with Gasteiger partial charge in [0.1, 0.15) is 10.3 Å². The van der Waals surface area contributed by atoms with E-state index < -0.39 is 0 Å². The number of aromatic nitrogens is 1. The molecule has 1 N–H and O–H groups in total. The maximum Gasteiger partial charge on any atom is 0.135 e. The number of halogens is 2. The summed E-state index contributed by atoms with van der Waals surface area (Å²) < 4.78 is 0. The fraction of sp³-hybridized carbons (Fsp3) is 0.667. The van der Waals surface area contributed by atoms with Gasteiger partial charge in [0.25, 0.3) is 0 Å². The van der Waals surface area contributed by atoms with Crippen LogP contribution in [0.5, 0.6) is 0 Å². The Morgan fingerprint density at radius 3 is 2.80 bits per heavy atom. The molecule has 1 aliphatic rings. The molecule has 1 aliphatic heterocycles. The monoisotopic (exact) mass is 315 g/mol. The van der Waals surface area contributed by atoms with Gasteiger partial charge in [-0.2, -0.15) is 0 Å². The van der Waals surface area contributed by atoms with Crippen LogP contribution in [0.2, 0.25) is 10.3 Å². The largest absolute Gasteiger partial charge is 0.316 e. The lowest BCUT2D eigenvalue weighted by Gasteiger charge is -2.33. The average Bonchev–Trinajstić information content (AvgIpc) is 2.42. The molecule has 0 aromatic carbocycles. The van der Waals surface area contributed by atoms with Crippen molar-refractivity contribution in [3.63, 3.8) is 0 Å². The van der Waals surface area contributed by atoms with Gasteiger partial charge >= 0.3 is 0 Å². The number of nitrogens with zero attached hydrogens (tertiary/aromatic N) is 2. The van der Waals surface area contributed by atoms with Crippen LogP contribution in [0, 0.1) is 5.92 Å². The van der Waals surface area contributed by atoms with Crippen molar-refractivity contribution in [2.45, 2.75) is 39.3 Å². The standard InChI is InChI=1S/C15H23Cl2N3/c1-11(2)20(9-12-4-3-7-18-8-12)10-13-5-6-14(16)19-15(13)17/h5-6,11-12,18H,3-4,7-10H2,1-2H3. The summed E-state index contributed by atoms with van der Waals surface area (Å²) in [5.74, 6) is 0.727. The third-order valence-corrected chi connectivity index (χ3v) is 4.43. The summed E-state index contributed by atoms with van der Waals surface area (Å²) in [6, 6.07) is 4.28. The van der Waals surface area contributed by atoms with Gasteiger partial charge in [0.05, 0.1) is 0 Å². The lowest BCUT2D eigenvalue weighted by Crippen LogP contribution is -2.40. The normalized spacial score (nSPS) is 19.8. The second-order valence-corrected chi connectivity index (χ2v) is 6.56. The van der Waals surface area contributed by atoms with E-state index in [1.165, 1.54) is 12.8 Å². The molecule has 1 aromatic rings. The first-order valence-electron chi connectivity index (χ1n) is 7.32. The van der Waals surface area contributed by atoms with Crippen molar-refractivity contribution < 1.29 is 0 Å². The van der Waals surface area contributed by atoms with Crippen LogP contribution in [-0.4, -0.2) is 35.6 Å². The zero-order chi connectivity index (χ0) is 14.5. The Morgan fingerprint density at radius 2 is 2.20 bits per heavy atom. The number of piperidine rings is 1. The van der Waals surface area contributed by atoms with Gasteiger partial charge in [0, 0.05) is 24.7 Å². The van der Waals surface area contributed by atoms with Crippen LogP contribution in [0.15, 0.2) is 12.1 Å². The third-order valence-electron chi connectivity index (χ3n) is 3.89. The van der Waals surface area contributed by atoms with Gasteiger partial charge < -0.3 is 5.32 Å². The first-order valence-corrected chi connectivity index (χ1v) is 8.07. The van der Waals surface area contributed by atoms with E-state index in [4.69, 9.17) is 23.2 Å². The van der Waals surface area contributed by atoms with Crippen molar-refractivity contribution in [1.82, 2.24) is 15.2 Å². The first kappa shape index (κ1) is 16.0. The minimum absolute atomic E-state index is 0.450. The topological polar surface area (TPSA) is 28.2 Å². The maximum absolute atomic E-state index is 6.19. The van der Waals surface area contributed by atoms with Crippen molar-refractivity contribution in [2.24, 2.45) is 5.92 Å². The van der Waals surface area contributed by atoms with E-state index in [0.29, 0.717) is 16.3 Å². The fourth-order valence-corrected chi connectivity index (χ4v) is 3.05. The molecule has 0 radical (unpaired) electrons. The van der Waals surface area contributed by atoms with Gasteiger partial charge in [-0.05, 0) is 51.8 Å². The highest BCUT2D eigenvalue weighted by Gasteiger charge is 2.20. The van der Waals surface area contributed by atoms with E-state index >= 15 is 0 Å². The highest BCUT2D eigenvalue weighted by Crippen LogP contribution is 2.21. The van der Waals surface area contributed by atoms with Crippen LogP contribution in [0.3, 0.4) is 0 Å². The first-order chi connectivity index (χ1) is 9.56. The van der Waals surface area contributed by atoms with Gasteiger partial charge in [-0.25, -0.2) is 4.98 Å². The van der Waals surface area contributed by atoms with E-state index in [1.54, 1.807) is 0 Å². The molecule has 1 aromatic heterocycles. The van der Waals surface area contributed by atoms with E-state index in [0.717, 1.165) is 37.7 Å². The molecule has 0 amide bonds. The molecule has 5 heteroatoms. The number of hydrogen-bond acceptors (Lipinski definition) is 3. The second-order valence-electron chi connectivity index (χ2n) is 5.82. The van der Waals surface area contributed by atoms with E-state index in [-0.39, 0.29) is 0 Å². The van der Waals surface area contributed by atoms with Crippen molar-refractivity contribution in [1.29, 1.82) is 0 Å². The summed E-state index contributed by atoms with van der Waals surface area (Å²) in [4.78, 5) is 6.59. The summed E-state index contributed by atoms with van der Waals surface area (Å²) in [7, 11) is 0. The summed E-state index contributed by atoms with van der Waals surface area (Å²) >= 11 is 12.0. The average molecular weight is 316 g/mol. The number of nitrogens with one attached hydrogen (secondary N) is 1. The smallest absolute Gasteiger partial charge is 0.135 e. The predicted molar refractivity (Wildman–Crippen MR) is 85.4 cm³/mol. The Balaban J connectivity index is 2.01. The fourth-order valence-electron chi connectivity index (χ4n) is 2.65. The molecule has 1 saturated heterocycles. The molecule has 0 bridgehead atoms. The van der Waals surface area contributed by atoms with Gasteiger partial charge in [-0.15, -0.1) is 0 Å². The molecule has 1 fully saturated rings. The zero-order valence-electron chi connectivity index (χ0n) is 12.2. The molecule has 0 spiro atoms. The van der Waals surface area contributed by atoms with Crippen LogP contribution < -0.4 is 5.32 Å². The summed E-state index contributed by atoms with van der Waals surface area (Å²) in [5.41, 5.74) is 1.05. The lowest BCUT2D eigenvalue weighted by atomic mass is 9.98. The molecular formula is C15H23Cl2N3. The molecule has 1 atom stereocenters. The molecular weight excluding hydrogens is 293 g/mol. The third kappa shape index (κ3) is 4.59. The number of pyridine rings is 1. The zero-order valence-corrected chi connectivity index (χ0v) is 13.7. The van der Waals surface area contributed by atoms with Gasteiger partial charge in [-0.1, -0.05) is 29.3 Å². The molecule has 2 rings (SSSR count). The SMILES string of the molecule is CC(C)N(Cc1ccc(Cl)nc1Cl)CC1CCCNC1. The van der Waals surface area contributed by atoms with Crippen molar-refractivity contribution in [2.75, 3.05) is 19.6 Å². The van der Waals surface area contributed by atoms with Gasteiger partial charge in [0.15, 0.2) is 0 Å². The molecule has 1 unspecified atom stereocenters. The predicted octanol–water partition coefficient (Wildman–Crippen LogP) is 3.60. The Hall–Kier alpha value is -0.350. The lowest BCUT2D eigenvalue weighted by molar-refractivity contribution is 0.164. The number of hydrogen-bond donors (Lipinski definition) is 1. The highest BCUT2D eigenvalue weighted by atomic mass is 35.5. The molecule has 0 aliphatic carbocycles. The minimum atomic E-state index is 0.450. The van der Waals surface area contributed by atoms with Crippen LogP contribution in [0.25, 0.3) is 0 Å². The minimum Gasteiger partial charge on any atom is -0.316 e. The molecule has 20 heavy (non-hydrogen) atoms. The van der Waals surface area contributed by atoms with Crippen LogP contribution in [-0.2, 0) is 6.54 Å².